The lowest BCUT2D eigenvalue weighted by Crippen LogP contribution is -2.50. The van der Waals surface area contributed by atoms with E-state index in [0.29, 0.717) is 0 Å². The number of rotatable bonds is 3. The summed E-state index contributed by atoms with van der Waals surface area (Å²) in [6, 6.07) is 50.9. The summed E-state index contributed by atoms with van der Waals surface area (Å²) in [5, 5.41) is 5.31. The van der Waals surface area contributed by atoms with Crippen LogP contribution in [0.1, 0.15) is 25.0 Å². The molecule has 0 N–H and O–H groups in total. The molecule has 234 valence electrons. The van der Waals surface area contributed by atoms with E-state index >= 15 is 0 Å². The van der Waals surface area contributed by atoms with Gasteiger partial charge in [0, 0.05) is 38.6 Å². The predicted octanol–water partition coefficient (Wildman–Crippen LogP) is 10.0. The summed E-state index contributed by atoms with van der Waals surface area (Å²) in [7, 11) is -2.11. The molecule has 8 aromatic rings. The molecule has 0 fully saturated rings. The second-order valence-electron chi connectivity index (χ2n) is 14.6. The van der Waals surface area contributed by atoms with E-state index in [-0.39, 0.29) is 5.41 Å². The number of nitrogens with zero attached hydrogens (tertiary/aromatic N) is 3. The topological polar surface area (TPSA) is 30.7 Å². The van der Waals surface area contributed by atoms with Crippen molar-refractivity contribution in [3.05, 3.63) is 151 Å². The summed E-state index contributed by atoms with van der Waals surface area (Å²) >= 11 is 0. The summed E-state index contributed by atoms with van der Waals surface area (Å²) in [6.45, 7) is 9.62. The first kappa shape index (κ1) is 28.4. The SMILES string of the molecule is CC1(C)c2ccccc2-c2c1ccc1c3ccccc3n(-c3cccc(-c4nc(-c5ccccc5)nc5c4[Si](C)(C)c4ccccc4-5)c3)c21. The molecular formula is C45H35N3Si. The largest absolute Gasteiger partial charge is 0.309 e. The molecule has 10 rings (SSSR count). The van der Waals surface area contributed by atoms with Gasteiger partial charge in [0.15, 0.2) is 5.82 Å². The van der Waals surface area contributed by atoms with Crippen LogP contribution in [0.5, 0.6) is 0 Å². The van der Waals surface area contributed by atoms with Gasteiger partial charge in [0.1, 0.15) is 8.07 Å². The number of hydrogen-bond donors (Lipinski definition) is 0. The minimum absolute atomic E-state index is 0.0795. The molecule has 1 aliphatic heterocycles. The van der Waals surface area contributed by atoms with Gasteiger partial charge in [0.25, 0.3) is 0 Å². The van der Waals surface area contributed by atoms with E-state index in [0.717, 1.165) is 34.0 Å². The fraction of sp³-hybridized carbons (Fsp3) is 0.111. The molecule has 2 aliphatic rings. The zero-order valence-corrected chi connectivity index (χ0v) is 29.1. The molecule has 0 saturated heterocycles. The molecule has 0 amide bonds. The smallest absolute Gasteiger partial charge is 0.160 e. The highest BCUT2D eigenvalue weighted by molar-refractivity contribution is 7.04. The van der Waals surface area contributed by atoms with E-state index in [2.05, 4.69) is 171 Å². The minimum Gasteiger partial charge on any atom is -0.309 e. The maximum absolute atomic E-state index is 5.43. The Balaban J connectivity index is 1.27. The second-order valence-corrected chi connectivity index (χ2v) is 18.9. The summed E-state index contributed by atoms with van der Waals surface area (Å²) in [4.78, 5) is 10.7. The van der Waals surface area contributed by atoms with Crippen LogP contribution in [0, 0.1) is 0 Å². The third kappa shape index (κ3) is 3.83. The lowest BCUT2D eigenvalue weighted by molar-refractivity contribution is 0.661. The van der Waals surface area contributed by atoms with Crippen molar-refractivity contribution in [3.8, 4) is 50.7 Å². The molecule has 6 aromatic carbocycles. The Morgan fingerprint density at radius 1 is 0.571 bits per heavy atom. The summed E-state index contributed by atoms with van der Waals surface area (Å²) in [6.07, 6.45) is 0. The molecule has 2 aromatic heterocycles. The molecule has 1 aliphatic carbocycles. The fourth-order valence-electron chi connectivity index (χ4n) is 8.84. The molecule has 49 heavy (non-hydrogen) atoms. The quantitative estimate of drug-likeness (QED) is 0.179. The standard InChI is InChI=1S/C45H35N3Si/c1-45(2)35-22-11-8-20-33(35)39-36(45)26-25-32-31-19-9-12-23-37(31)48(42(32)39)30-18-14-17-29(27-30)40-43-41(34-21-10-13-24-38(34)49(43,3)4)47-44(46-40)28-15-6-5-7-16-28/h5-27H,1-4H3. The molecule has 0 unspecified atom stereocenters. The first-order valence-corrected chi connectivity index (χ1v) is 20.2. The van der Waals surface area contributed by atoms with Crippen LogP contribution in [0.3, 0.4) is 0 Å². The normalized spacial score (nSPS) is 14.9. The average Bonchev–Trinajstić information content (AvgIpc) is 3.69. The highest BCUT2D eigenvalue weighted by atomic mass is 28.3. The number of aromatic nitrogens is 3. The third-order valence-corrected chi connectivity index (χ3v) is 14.7. The van der Waals surface area contributed by atoms with Crippen molar-refractivity contribution in [2.75, 3.05) is 0 Å². The molecule has 4 heteroatoms. The Kier molecular flexibility index (Phi) is 5.79. The van der Waals surface area contributed by atoms with Crippen LogP contribution in [0.2, 0.25) is 13.1 Å². The van der Waals surface area contributed by atoms with Crippen molar-refractivity contribution in [1.29, 1.82) is 0 Å². The average molecular weight is 646 g/mol. The van der Waals surface area contributed by atoms with Gasteiger partial charge >= 0.3 is 0 Å². The van der Waals surface area contributed by atoms with E-state index in [4.69, 9.17) is 9.97 Å². The Hall–Kier alpha value is -5.58. The third-order valence-electron chi connectivity index (χ3n) is 11.2. The summed E-state index contributed by atoms with van der Waals surface area (Å²) < 4.78 is 2.50. The Morgan fingerprint density at radius 3 is 2.12 bits per heavy atom. The van der Waals surface area contributed by atoms with Gasteiger partial charge in [-0.05, 0) is 50.8 Å². The number of benzene rings is 6. The molecule has 0 bridgehead atoms. The van der Waals surface area contributed by atoms with E-state index in [1.165, 1.54) is 60.0 Å². The van der Waals surface area contributed by atoms with Gasteiger partial charge in [-0.15, -0.1) is 0 Å². The lowest BCUT2D eigenvalue weighted by Gasteiger charge is -2.22. The summed E-state index contributed by atoms with van der Waals surface area (Å²) in [5.41, 5.74) is 14.6. The highest BCUT2D eigenvalue weighted by Gasteiger charge is 2.42. The monoisotopic (exact) mass is 645 g/mol. The van der Waals surface area contributed by atoms with Crippen LogP contribution >= 0.6 is 0 Å². The molecular weight excluding hydrogens is 611 g/mol. The lowest BCUT2D eigenvalue weighted by atomic mass is 9.82. The van der Waals surface area contributed by atoms with Crippen LogP contribution in [-0.2, 0) is 5.41 Å². The Labute approximate surface area is 287 Å². The number of fused-ring (bicyclic) bond motifs is 10. The number of hydrogen-bond acceptors (Lipinski definition) is 2. The van der Waals surface area contributed by atoms with Gasteiger partial charge in [-0.3, -0.25) is 0 Å². The van der Waals surface area contributed by atoms with Crippen LogP contribution in [0.4, 0.5) is 0 Å². The fourth-order valence-corrected chi connectivity index (χ4v) is 12.1. The van der Waals surface area contributed by atoms with E-state index in [1.807, 2.05) is 0 Å². The van der Waals surface area contributed by atoms with Crippen LogP contribution in [0.15, 0.2) is 140 Å². The van der Waals surface area contributed by atoms with Crippen molar-refractivity contribution in [2.24, 2.45) is 0 Å². The van der Waals surface area contributed by atoms with E-state index in [9.17, 15) is 0 Å². The van der Waals surface area contributed by atoms with Gasteiger partial charge in [0.2, 0.25) is 0 Å². The molecule has 0 saturated carbocycles. The molecule has 0 atom stereocenters. The molecule has 0 spiro atoms. The first-order chi connectivity index (χ1) is 23.8. The second kappa shape index (κ2) is 9.97. The van der Waals surface area contributed by atoms with Crippen molar-refractivity contribution in [2.45, 2.75) is 32.4 Å². The summed E-state index contributed by atoms with van der Waals surface area (Å²) in [5.74, 6) is 0.773. The van der Waals surface area contributed by atoms with Crippen LogP contribution in [-0.4, -0.2) is 22.6 Å². The van der Waals surface area contributed by atoms with Crippen molar-refractivity contribution < 1.29 is 0 Å². The van der Waals surface area contributed by atoms with E-state index < -0.39 is 8.07 Å². The van der Waals surface area contributed by atoms with Crippen molar-refractivity contribution in [1.82, 2.24) is 14.5 Å². The zero-order valence-electron chi connectivity index (χ0n) is 28.1. The maximum Gasteiger partial charge on any atom is 0.160 e. The van der Waals surface area contributed by atoms with E-state index in [1.54, 1.807) is 0 Å². The van der Waals surface area contributed by atoms with Crippen molar-refractivity contribution in [3.63, 3.8) is 0 Å². The first-order valence-electron chi connectivity index (χ1n) is 17.2. The number of para-hydroxylation sites is 1. The van der Waals surface area contributed by atoms with Gasteiger partial charge in [-0.2, -0.15) is 0 Å². The molecule has 3 heterocycles. The van der Waals surface area contributed by atoms with Gasteiger partial charge < -0.3 is 4.57 Å². The maximum atomic E-state index is 5.43. The Morgan fingerprint density at radius 2 is 1.27 bits per heavy atom. The Bertz CT molecular complexity index is 2660. The van der Waals surface area contributed by atoms with Crippen LogP contribution < -0.4 is 10.4 Å². The molecule has 0 radical (unpaired) electrons. The zero-order chi connectivity index (χ0) is 33.1. The van der Waals surface area contributed by atoms with Crippen LogP contribution in [0.25, 0.3) is 72.5 Å². The highest BCUT2D eigenvalue weighted by Crippen LogP contribution is 2.53. The minimum atomic E-state index is -2.11. The molecule has 3 nitrogen and oxygen atoms in total. The van der Waals surface area contributed by atoms with Gasteiger partial charge in [-0.1, -0.05) is 148 Å². The van der Waals surface area contributed by atoms with Gasteiger partial charge in [0.05, 0.1) is 22.4 Å². The predicted molar refractivity (Wildman–Crippen MR) is 207 cm³/mol. The van der Waals surface area contributed by atoms with Gasteiger partial charge in [-0.25, -0.2) is 9.97 Å². The van der Waals surface area contributed by atoms with Crippen molar-refractivity contribution >= 4 is 40.3 Å².